The van der Waals surface area contributed by atoms with Gasteiger partial charge in [-0.05, 0) is 60.7 Å². The summed E-state index contributed by atoms with van der Waals surface area (Å²) in [5, 5.41) is 7.79. The zero-order valence-corrected chi connectivity index (χ0v) is 38.9. The van der Waals surface area contributed by atoms with Crippen molar-refractivity contribution in [3.63, 3.8) is 0 Å². The maximum Gasteiger partial charge on any atom is 0.417 e. The Morgan fingerprint density at radius 1 is 0.776 bits per heavy atom. The summed E-state index contributed by atoms with van der Waals surface area (Å²) in [7, 11) is -9.00. The summed E-state index contributed by atoms with van der Waals surface area (Å²) >= 11 is 23.1. The number of benzene rings is 3. The molecule has 0 fully saturated rings. The summed E-state index contributed by atoms with van der Waals surface area (Å²) < 4.78 is 167. The van der Waals surface area contributed by atoms with Crippen molar-refractivity contribution < 1.29 is 72.1 Å². The molecule has 28 heteroatoms. The van der Waals surface area contributed by atoms with Gasteiger partial charge in [0.15, 0.2) is 11.4 Å². The third kappa shape index (κ3) is 12.7. The van der Waals surface area contributed by atoms with Crippen molar-refractivity contribution in [1.29, 1.82) is 3.84 Å². The molecule has 3 aromatic carbocycles. The SMILES string of the molecule is C.COCN(c1cc(Cl)cnc1C(=O)N1CCOc2ccccc21)S(=O)(=O)c1ccc(Cl)c(C(F)(F)F)c1.COCN(c1cc(Cl)cnc1C(=O)O)S(=O)(=O)c1ccc(Cl)c(C(F)(F)F)c1.[3H]P([3H])[3H]. The fraction of sp³-hybridized carbons (Fsp3) is 0.231. The molecule has 1 N–H and O–H groups in total. The Bertz CT molecular complexity index is 2920. The number of carboxylic acid groups (broad SMARTS) is 1. The molecule has 67 heavy (non-hydrogen) atoms. The molecule has 0 radical (unpaired) electrons. The van der Waals surface area contributed by atoms with Crippen molar-refractivity contribution in [3.05, 3.63) is 128 Å². The Labute approximate surface area is 406 Å². The highest BCUT2D eigenvalue weighted by atomic mass is 35.5. The van der Waals surface area contributed by atoms with Crippen LogP contribution in [0.2, 0.25) is 20.1 Å². The van der Waals surface area contributed by atoms with Crippen molar-refractivity contribution in [2.24, 2.45) is 0 Å². The van der Waals surface area contributed by atoms with Gasteiger partial charge in [-0.15, -0.1) is 0 Å². The number of ether oxygens (including phenoxy) is 3. The van der Waals surface area contributed by atoms with Gasteiger partial charge >= 0.3 is 18.3 Å². The minimum absolute atomic E-state index is 0. The van der Waals surface area contributed by atoms with Crippen LogP contribution >= 0.6 is 56.1 Å². The minimum Gasteiger partial charge on any atom is -0.490 e. The van der Waals surface area contributed by atoms with Gasteiger partial charge in [0.25, 0.3) is 26.0 Å². The summed E-state index contributed by atoms with van der Waals surface area (Å²) in [5.41, 5.74) is -4.03. The van der Waals surface area contributed by atoms with Crippen LogP contribution < -0.4 is 18.2 Å². The molecule has 0 spiro atoms. The lowest BCUT2D eigenvalue weighted by atomic mass is 10.2. The Kier molecular flexibility index (Phi) is 17.4. The van der Waals surface area contributed by atoms with E-state index in [1.54, 1.807) is 24.3 Å². The standard InChI is InChI=1S/C23H18Cl2F3N3O5S.C15H11Cl2F3N2O5S.CH4.H3P/c1-35-13-31(37(33,34)15-6-7-17(25)16(11-15)23(26,27)28)19-10-14(24)12-29-21(19)22(32)30-8-9-36-20-5-3-2-4-18(20)30;1-27-7-22(12-4-8(16)6-21-13(12)14(23)24)28(25,26)9-2-3-11(17)10(5-9)15(18,19)20;;/h2-7,10-12H,8-9,13H2,1H3;2-6H,7H2,1H3,(H,23,24);1H4;1H3/i;;;1T3. The molecular weight excluding hydrogens is 1050 g/mol. The van der Waals surface area contributed by atoms with Crippen LogP contribution in [0, 0.1) is 0 Å². The monoisotopic (exact) mass is 1090 g/mol. The summed E-state index contributed by atoms with van der Waals surface area (Å²) in [5.74, 6) is -1.80. The zero-order chi connectivity index (χ0) is 51.8. The van der Waals surface area contributed by atoms with Gasteiger partial charge in [0.1, 0.15) is 25.8 Å². The number of anilines is 3. The number of rotatable bonds is 12. The van der Waals surface area contributed by atoms with Crippen LogP contribution in [0.4, 0.5) is 43.4 Å². The number of aromatic nitrogens is 2. The van der Waals surface area contributed by atoms with Gasteiger partial charge in [0.05, 0.1) is 68.5 Å². The number of hydrogen-bond donors (Lipinski definition) is 1. The molecular formula is C39H36Cl4F6N5O10PS2. The Morgan fingerprint density at radius 2 is 1.21 bits per heavy atom. The predicted molar refractivity (Wildman–Crippen MR) is 243 cm³/mol. The minimum atomic E-state index is -4.91. The molecule has 6 rings (SSSR count). The summed E-state index contributed by atoms with van der Waals surface area (Å²) in [4.78, 5) is 32.5. The van der Waals surface area contributed by atoms with Gasteiger partial charge < -0.3 is 24.2 Å². The Morgan fingerprint density at radius 3 is 1.64 bits per heavy atom. The van der Waals surface area contributed by atoms with Crippen molar-refractivity contribution in [1.82, 2.24) is 9.97 Å². The number of carbonyl (C=O) groups excluding carboxylic acids is 1. The number of nitrogens with zero attached hydrogens (tertiary/aromatic N) is 5. The summed E-state index contributed by atoms with van der Waals surface area (Å²) in [6, 6.07) is 13.1. The van der Waals surface area contributed by atoms with E-state index in [4.69, 9.17) is 64.5 Å². The quantitative estimate of drug-likeness (QED) is 0.0709. The molecule has 1 aliphatic rings. The van der Waals surface area contributed by atoms with E-state index >= 15 is 0 Å². The first kappa shape index (κ1) is 51.7. The van der Waals surface area contributed by atoms with E-state index < -0.39 is 110 Å². The van der Waals surface area contributed by atoms with E-state index in [0.717, 1.165) is 49.8 Å². The highest BCUT2D eigenvalue weighted by Crippen LogP contribution is 2.40. The number of hydrogen-bond acceptors (Lipinski definition) is 11. The third-order valence-corrected chi connectivity index (χ3v) is 13.3. The van der Waals surface area contributed by atoms with E-state index in [1.165, 1.54) is 18.1 Å². The van der Waals surface area contributed by atoms with Crippen LogP contribution in [0.3, 0.4) is 0 Å². The normalized spacial score (nSPS) is 13.1. The number of amides is 1. The summed E-state index contributed by atoms with van der Waals surface area (Å²) in [6.07, 6.45) is -7.67. The van der Waals surface area contributed by atoms with Gasteiger partial charge in [0, 0.05) is 26.6 Å². The number of fused-ring (bicyclic) bond motifs is 1. The lowest BCUT2D eigenvalue weighted by Crippen LogP contribution is -2.40. The Hall–Kier alpha value is -4.71. The maximum atomic E-state index is 13.6. The van der Waals surface area contributed by atoms with E-state index in [0.29, 0.717) is 32.2 Å². The molecule has 15 nitrogen and oxygen atoms in total. The number of halogens is 10. The zero-order valence-electron chi connectivity index (χ0n) is 36.3. The lowest BCUT2D eigenvalue weighted by Gasteiger charge is -2.31. The van der Waals surface area contributed by atoms with Gasteiger partial charge in [-0.25, -0.2) is 40.2 Å². The number of carbonyl (C=O) groups is 2. The van der Waals surface area contributed by atoms with Gasteiger partial charge in [-0.1, -0.05) is 66.0 Å². The number of pyridine rings is 2. The number of sulfonamides is 2. The van der Waals surface area contributed by atoms with Gasteiger partial charge in [-0.2, -0.15) is 36.1 Å². The molecule has 0 bridgehead atoms. The predicted octanol–water partition coefficient (Wildman–Crippen LogP) is 9.84. The van der Waals surface area contributed by atoms with Gasteiger partial charge in [0.2, 0.25) is 0 Å². The van der Waals surface area contributed by atoms with E-state index in [9.17, 15) is 57.9 Å². The first-order valence-corrected chi connectivity index (χ1v) is 22.1. The van der Waals surface area contributed by atoms with Crippen LogP contribution in [0.1, 0.15) is 39.5 Å². The molecule has 0 atom stereocenters. The molecule has 1 aliphatic heterocycles. The molecule has 1 amide bonds. The smallest absolute Gasteiger partial charge is 0.417 e. The number of aromatic carboxylic acids is 1. The number of carboxylic acids is 1. The Balaban J connectivity index is 0.000000351. The molecule has 0 unspecified atom stereocenters. The molecule has 2 aromatic heterocycles. The number of alkyl halides is 6. The first-order chi connectivity index (χ1) is 32.1. The van der Waals surface area contributed by atoms with E-state index in [-0.39, 0.29) is 42.0 Å². The molecule has 3 heterocycles. The first-order valence-electron chi connectivity index (χ1n) is 19.0. The van der Waals surface area contributed by atoms with Crippen molar-refractivity contribution in [3.8, 4) is 5.75 Å². The second kappa shape index (κ2) is 22.6. The molecule has 0 saturated heterocycles. The largest absolute Gasteiger partial charge is 0.490 e. The third-order valence-electron chi connectivity index (χ3n) is 8.74. The second-order valence-electron chi connectivity index (χ2n) is 12.9. The van der Waals surface area contributed by atoms with E-state index in [1.807, 2.05) is 0 Å². The topological polar surface area (TPSA) is 186 Å². The average molecular weight is 1090 g/mol. The highest BCUT2D eigenvalue weighted by molar-refractivity contribution is 7.93. The molecule has 364 valence electrons. The van der Waals surface area contributed by atoms with Crippen LogP contribution in [0.5, 0.6) is 5.75 Å². The van der Waals surface area contributed by atoms with Crippen LogP contribution in [-0.2, 0) is 41.9 Å². The van der Waals surface area contributed by atoms with Gasteiger partial charge in [-0.3, -0.25) is 4.79 Å². The second-order valence-corrected chi connectivity index (χ2v) is 18.4. The average Bonchev–Trinajstić information content (AvgIpc) is 3.26. The van der Waals surface area contributed by atoms with Crippen LogP contribution in [0.25, 0.3) is 0 Å². The maximum absolute atomic E-state index is 13.6. The van der Waals surface area contributed by atoms with Crippen LogP contribution in [0.15, 0.2) is 95.0 Å². The number of methoxy groups -OCH3 is 2. The fourth-order valence-corrected chi connectivity index (χ4v) is 9.43. The fourth-order valence-electron chi connectivity index (χ4n) is 5.87. The summed E-state index contributed by atoms with van der Waals surface area (Å²) in [6.45, 7) is -1.05. The molecule has 0 aliphatic carbocycles. The van der Waals surface area contributed by atoms with Crippen LogP contribution in [-0.4, -0.2) is 88.5 Å². The highest BCUT2D eigenvalue weighted by Gasteiger charge is 2.39. The molecule has 0 saturated carbocycles. The molecule has 5 aromatic rings. The van der Waals surface area contributed by atoms with Crippen molar-refractivity contribution >= 4 is 105 Å². The van der Waals surface area contributed by atoms with E-state index in [2.05, 4.69) is 9.97 Å². The lowest BCUT2D eigenvalue weighted by molar-refractivity contribution is -0.138. The van der Waals surface area contributed by atoms with Crippen molar-refractivity contribution in [2.45, 2.75) is 29.6 Å². The van der Waals surface area contributed by atoms with Crippen molar-refractivity contribution in [2.75, 3.05) is 54.3 Å². The number of para-hydroxylation sites is 2.